The van der Waals surface area contributed by atoms with Crippen LogP contribution in [-0.4, -0.2) is 137 Å². The van der Waals surface area contributed by atoms with Crippen molar-refractivity contribution in [2.75, 3.05) is 39.0 Å². The largest absolute Gasteiger partial charge is 0.495 e. The van der Waals surface area contributed by atoms with E-state index >= 15 is 0 Å². The van der Waals surface area contributed by atoms with Crippen LogP contribution in [-0.2, 0) is 59.0 Å². The molecule has 1 aromatic rings. The lowest BCUT2D eigenvalue weighted by molar-refractivity contribution is -0.197. The second-order valence-electron chi connectivity index (χ2n) is 17.9. The Balaban J connectivity index is 1.31. The van der Waals surface area contributed by atoms with Crippen molar-refractivity contribution in [1.82, 2.24) is 15.3 Å². The fourth-order valence-electron chi connectivity index (χ4n) is 7.98. The van der Waals surface area contributed by atoms with Gasteiger partial charge in [-0.1, -0.05) is 63.9 Å². The second-order valence-corrected chi connectivity index (χ2v) is 21.4. The number of anilines is 1. The molecule has 21 heteroatoms. The van der Waals surface area contributed by atoms with Crippen molar-refractivity contribution in [3.63, 3.8) is 0 Å². The number of ether oxygens (including phenoxy) is 5. The zero-order valence-electron chi connectivity index (χ0n) is 39.0. The van der Waals surface area contributed by atoms with E-state index in [-0.39, 0.29) is 49.5 Å². The molecular weight excluding hydrogens is 920 g/mol. The van der Waals surface area contributed by atoms with Gasteiger partial charge in [-0.05, 0) is 65.2 Å². The zero-order valence-corrected chi connectivity index (χ0v) is 41.4. The second kappa shape index (κ2) is 21.7. The number of allylic oxidation sites excluding steroid dienone is 3. The molecule has 5 rings (SSSR count). The number of rotatable bonds is 14. The van der Waals surface area contributed by atoms with Crippen molar-refractivity contribution in [2.45, 2.75) is 139 Å². The van der Waals surface area contributed by atoms with E-state index in [1.54, 1.807) is 45.2 Å². The van der Waals surface area contributed by atoms with Crippen LogP contribution in [0.4, 0.5) is 10.5 Å². The number of esters is 1. The number of hydrogen-bond donors (Lipinski definition) is 2. The van der Waals surface area contributed by atoms with Gasteiger partial charge in [0.15, 0.2) is 5.72 Å². The van der Waals surface area contributed by atoms with E-state index in [2.05, 4.69) is 5.32 Å². The Hall–Kier alpha value is -4.34. The molecule has 18 nitrogen and oxygen atoms in total. The Morgan fingerprint density at radius 2 is 1.79 bits per heavy atom. The van der Waals surface area contributed by atoms with Crippen LogP contribution in [0.5, 0.6) is 5.75 Å². The van der Waals surface area contributed by atoms with E-state index < -0.39 is 88.2 Å². The minimum absolute atomic E-state index is 0.00912. The first-order valence-electron chi connectivity index (χ1n) is 21.7. The number of nitrogens with zero attached hydrogens (tertiary/aromatic N) is 3. The topological polar surface area (TPSA) is 220 Å². The van der Waals surface area contributed by atoms with E-state index in [9.17, 15) is 38.7 Å². The molecule has 0 unspecified atom stereocenters. The first kappa shape index (κ1) is 52.6. The van der Waals surface area contributed by atoms with Crippen molar-refractivity contribution in [3.8, 4) is 5.75 Å². The van der Waals surface area contributed by atoms with E-state index in [4.69, 9.17) is 40.1 Å². The van der Waals surface area contributed by atoms with Gasteiger partial charge in [0, 0.05) is 63.3 Å². The Kier molecular flexibility index (Phi) is 17.3. The number of nitrogens with one attached hydrogen (secondary N) is 1. The standard InChI is InChI=1S/C45H61ClN4O14S2/c1-25-12-11-13-32(60-10)45(58)24-31(61-42(57)47-45)26(2)40-44(6,63-40)33(23-37(54)49(8)29-21-28(20-25)22-30(59-9)39(29)46)62-41(56)27(3)48(7)34(51)16-18-43(4,5)66-65-19-17-38(55)64-50-35(52)14-15-36(50)53/h11-13,21-22,26-27,31-33,40,58H,14-20,23-24H2,1-10H3,(H,47,57)/b13-11+,25-12-/t26-,27-,31+,32-,33+,40+,44+,45+/m1/s1. The molecule has 1 aromatic carbocycles. The molecule has 66 heavy (non-hydrogen) atoms. The van der Waals surface area contributed by atoms with E-state index in [1.807, 2.05) is 26.8 Å². The quantitative estimate of drug-likeness (QED) is 0.0778. The zero-order chi connectivity index (χ0) is 48.9. The summed E-state index contributed by atoms with van der Waals surface area (Å²) in [6.07, 6.45) is 0.994. The number of imide groups is 1. The monoisotopic (exact) mass is 980 g/mol. The number of halogens is 1. The van der Waals surface area contributed by atoms with Crippen molar-refractivity contribution in [2.24, 2.45) is 5.92 Å². The van der Waals surface area contributed by atoms with Gasteiger partial charge in [-0.15, -0.1) is 5.06 Å². The lowest BCUT2D eigenvalue weighted by atomic mass is 9.83. The lowest BCUT2D eigenvalue weighted by Crippen LogP contribution is -2.63. The molecule has 0 aliphatic carbocycles. The predicted molar refractivity (Wildman–Crippen MR) is 246 cm³/mol. The average Bonchev–Trinajstić information content (AvgIpc) is 3.87. The summed E-state index contributed by atoms with van der Waals surface area (Å²) in [7, 11) is 8.78. The maximum atomic E-state index is 14.3. The van der Waals surface area contributed by atoms with Crippen molar-refractivity contribution in [1.29, 1.82) is 0 Å². The van der Waals surface area contributed by atoms with Gasteiger partial charge < -0.3 is 43.4 Å². The molecule has 0 spiro atoms. The molecule has 8 atom stereocenters. The Morgan fingerprint density at radius 3 is 2.44 bits per heavy atom. The van der Waals surface area contributed by atoms with Crippen molar-refractivity contribution < 1.29 is 67.2 Å². The van der Waals surface area contributed by atoms with Gasteiger partial charge in [0.1, 0.15) is 40.7 Å². The number of hydrogen-bond acceptors (Lipinski definition) is 16. The number of carbonyl (C=O) groups is 7. The fraction of sp³-hybridized carbons (Fsp3) is 0.622. The van der Waals surface area contributed by atoms with Gasteiger partial charge in [0.25, 0.3) is 11.8 Å². The van der Waals surface area contributed by atoms with Crippen LogP contribution < -0.4 is 15.0 Å². The minimum Gasteiger partial charge on any atom is -0.495 e. The summed E-state index contributed by atoms with van der Waals surface area (Å²) >= 11 is 6.80. The summed E-state index contributed by atoms with van der Waals surface area (Å²) in [5.74, 6) is -3.29. The summed E-state index contributed by atoms with van der Waals surface area (Å²) < 4.78 is 29.0. The molecule has 3 saturated heterocycles. The molecule has 4 heterocycles. The van der Waals surface area contributed by atoms with E-state index in [0.29, 0.717) is 35.1 Å². The highest BCUT2D eigenvalue weighted by molar-refractivity contribution is 8.77. The maximum absolute atomic E-state index is 14.3. The van der Waals surface area contributed by atoms with Gasteiger partial charge >= 0.3 is 18.0 Å². The Labute approximate surface area is 398 Å². The number of fused-ring (bicyclic) bond motifs is 5. The van der Waals surface area contributed by atoms with Crippen molar-refractivity contribution >= 4 is 80.5 Å². The van der Waals surface area contributed by atoms with Crippen molar-refractivity contribution in [3.05, 3.63) is 46.5 Å². The van der Waals surface area contributed by atoms with Gasteiger partial charge in [0.05, 0.1) is 31.7 Å². The molecule has 5 amide bonds. The molecule has 3 fully saturated rings. The summed E-state index contributed by atoms with van der Waals surface area (Å²) in [6.45, 7) is 10.8. The van der Waals surface area contributed by atoms with Gasteiger partial charge in [-0.2, -0.15) is 0 Å². The number of benzene rings is 1. The summed E-state index contributed by atoms with van der Waals surface area (Å²) in [5.41, 5.74) is -1.11. The normalized spacial score (nSPS) is 28.8. The predicted octanol–water partition coefficient (Wildman–Crippen LogP) is 5.45. The number of carbonyl (C=O) groups excluding carboxylic acids is 7. The van der Waals surface area contributed by atoms with Crippen LogP contribution in [0, 0.1) is 5.92 Å². The molecule has 4 aliphatic rings. The third-order valence-electron chi connectivity index (χ3n) is 12.3. The van der Waals surface area contributed by atoms with Crippen LogP contribution in [0.1, 0.15) is 92.1 Å². The van der Waals surface area contributed by atoms with Gasteiger partial charge in [-0.3, -0.25) is 24.5 Å². The number of methoxy groups -OCH3 is 2. The molecular formula is C45H61ClN4O14S2. The summed E-state index contributed by atoms with van der Waals surface area (Å²) in [5, 5.41) is 15.0. The fourth-order valence-corrected chi connectivity index (χ4v) is 10.8. The third-order valence-corrected chi connectivity index (χ3v) is 16.1. The van der Waals surface area contributed by atoms with Gasteiger partial charge in [-0.25, -0.2) is 14.4 Å². The summed E-state index contributed by atoms with van der Waals surface area (Å²) in [6, 6.07) is 2.46. The van der Waals surface area contributed by atoms with Crippen LogP contribution >= 0.6 is 33.2 Å². The number of aliphatic hydroxyl groups is 1. The number of epoxide rings is 1. The number of amides is 5. The van der Waals surface area contributed by atoms with E-state index in [1.165, 1.54) is 59.6 Å². The molecule has 4 aliphatic heterocycles. The van der Waals surface area contributed by atoms with Crippen LogP contribution in [0.25, 0.3) is 0 Å². The smallest absolute Gasteiger partial charge is 0.409 e. The molecule has 0 aromatic heterocycles. The average molecular weight is 982 g/mol. The van der Waals surface area contributed by atoms with E-state index in [0.717, 1.165) is 11.1 Å². The molecule has 2 N–H and O–H groups in total. The molecule has 4 bridgehead atoms. The maximum Gasteiger partial charge on any atom is 0.409 e. The number of alkyl carbamates (subject to hydrolysis) is 1. The highest BCUT2D eigenvalue weighted by Gasteiger charge is 2.64. The van der Waals surface area contributed by atoms with Crippen LogP contribution in [0.2, 0.25) is 5.02 Å². The summed E-state index contributed by atoms with van der Waals surface area (Å²) in [4.78, 5) is 98.1. The minimum atomic E-state index is -1.87. The number of likely N-dealkylation sites (N-methyl/N-ethyl adjacent to an activating group) is 1. The SMILES string of the molecule is COc1cc2cc(c1Cl)N(C)C(=O)C[C@H](OC(=O)[C@@H](C)N(C)C(=O)CCC(C)(C)SSCCC(=O)ON1C(=O)CCC1=O)[C@]1(C)O[C@H]1[C@H](C)[C@@H]1C[C@@](O)(NC(=O)O1)[C@H](OC)/C=C/C=C(/C)C2. The van der Waals surface area contributed by atoms with Crippen LogP contribution in [0.15, 0.2) is 35.9 Å². The molecule has 0 radical (unpaired) electrons. The van der Waals surface area contributed by atoms with Crippen LogP contribution in [0.3, 0.4) is 0 Å². The first-order valence-corrected chi connectivity index (χ1v) is 24.3. The highest BCUT2D eigenvalue weighted by Crippen LogP contribution is 2.49. The number of hydroxylamine groups is 2. The Morgan fingerprint density at radius 1 is 1.11 bits per heavy atom. The lowest BCUT2D eigenvalue weighted by Gasteiger charge is -2.42. The molecule has 364 valence electrons. The third kappa shape index (κ3) is 12.6. The highest BCUT2D eigenvalue weighted by atomic mass is 35.5. The first-order chi connectivity index (χ1) is 30.9. The molecule has 0 saturated carbocycles. The van der Waals surface area contributed by atoms with Gasteiger partial charge in [0.2, 0.25) is 11.8 Å². The Bertz CT molecular complexity index is 2110.